The molecule has 0 saturated carbocycles. The molecule has 0 N–H and O–H groups in total. The first-order valence-electron chi connectivity index (χ1n) is 7.64. The zero-order valence-electron chi connectivity index (χ0n) is 12.9. The van der Waals surface area contributed by atoms with Crippen LogP contribution in [0.15, 0.2) is 66.9 Å². The zero-order valence-corrected chi connectivity index (χ0v) is 12.9. The highest BCUT2D eigenvalue weighted by molar-refractivity contribution is 6.00. The Morgan fingerprint density at radius 3 is 2.57 bits per heavy atom. The number of likely N-dealkylation sites (N-methyl/N-ethyl adjacent to an activating group) is 1. The highest BCUT2D eigenvalue weighted by Crippen LogP contribution is 2.41. The Bertz CT molecular complexity index is 823. The predicted molar refractivity (Wildman–Crippen MR) is 90.6 cm³/mol. The van der Waals surface area contributed by atoms with Crippen molar-refractivity contribution in [2.45, 2.75) is 12.3 Å². The van der Waals surface area contributed by atoms with Gasteiger partial charge in [-0.2, -0.15) is 0 Å². The highest BCUT2D eigenvalue weighted by Gasteiger charge is 2.44. The van der Waals surface area contributed by atoms with Gasteiger partial charge < -0.3 is 4.74 Å². The van der Waals surface area contributed by atoms with Gasteiger partial charge in [0, 0.05) is 5.56 Å². The fourth-order valence-corrected chi connectivity index (χ4v) is 3.34. The summed E-state index contributed by atoms with van der Waals surface area (Å²) < 4.78 is 6.00. The van der Waals surface area contributed by atoms with E-state index in [0.717, 1.165) is 22.5 Å². The van der Waals surface area contributed by atoms with E-state index in [1.807, 2.05) is 66.6 Å². The van der Waals surface area contributed by atoms with Crippen LogP contribution in [0.2, 0.25) is 0 Å². The van der Waals surface area contributed by atoms with E-state index in [1.165, 1.54) is 0 Å². The minimum atomic E-state index is -0.611. The number of Topliss-reactive ketones (excluding diaryl/α,β-unsaturated/α-hetero) is 1. The van der Waals surface area contributed by atoms with Crippen LogP contribution in [0, 0.1) is 0 Å². The van der Waals surface area contributed by atoms with Crippen molar-refractivity contribution < 1.29 is 9.53 Å². The second kappa shape index (κ2) is 5.21. The number of carbonyl (C=O) groups excluding carboxylic acids is 1. The van der Waals surface area contributed by atoms with Crippen molar-refractivity contribution in [1.29, 1.82) is 0 Å². The summed E-state index contributed by atoms with van der Waals surface area (Å²) in [6, 6.07) is 17.3. The summed E-state index contributed by atoms with van der Waals surface area (Å²) in [6.45, 7) is 4.24. The lowest BCUT2D eigenvalue weighted by atomic mass is 9.88. The second-order valence-electron chi connectivity index (χ2n) is 5.93. The van der Waals surface area contributed by atoms with Crippen molar-refractivity contribution in [3.63, 3.8) is 0 Å². The molecule has 4 rings (SSSR count). The molecule has 1 aliphatic carbocycles. The number of fused-ring (bicyclic) bond motifs is 2. The van der Waals surface area contributed by atoms with Gasteiger partial charge in [0.2, 0.25) is 12.0 Å². The summed E-state index contributed by atoms with van der Waals surface area (Å²) in [6.07, 6.45) is 1.41. The number of ether oxygens (including phenoxy) is 1. The summed E-state index contributed by atoms with van der Waals surface area (Å²) in [7, 11) is 1.91. The van der Waals surface area contributed by atoms with Crippen LogP contribution in [0.1, 0.15) is 21.5 Å². The van der Waals surface area contributed by atoms with Crippen LogP contribution in [-0.2, 0) is 4.74 Å². The van der Waals surface area contributed by atoms with Crippen molar-refractivity contribution in [3.05, 3.63) is 83.6 Å². The Labute approximate surface area is 135 Å². The molecule has 1 fully saturated rings. The van der Waals surface area contributed by atoms with Crippen molar-refractivity contribution in [1.82, 2.24) is 4.90 Å². The van der Waals surface area contributed by atoms with Crippen LogP contribution in [0.5, 0.6) is 0 Å². The first-order chi connectivity index (χ1) is 11.2. The van der Waals surface area contributed by atoms with Gasteiger partial charge >= 0.3 is 0 Å². The molecule has 2 aromatic carbocycles. The third-order valence-corrected chi connectivity index (χ3v) is 4.51. The van der Waals surface area contributed by atoms with Gasteiger partial charge in [0.05, 0.1) is 6.04 Å². The zero-order chi connectivity index (χ0) is 16.0. The maximum atomic E-state index is 12.8. The lowest BCUT2D eigenvalue weighted by Crippen LogP contribution is -2.39. The second-order valence-corrected chi connectivity index (χ2v) is 5.93. The minimum Gasteiger partial charge on any atom is -0.470 e. The normalized spacial score (nSPS) is 22.8. The number of benzene rings is 2. The highest BCUT2D eigenvalue weighted by atomic mass is 16.5. The fraction of sp³-hybridized carbons (Fsp3) is 0.150. The van der Waals surface area contributed by atoms with E-state index in [1.54, 1.807) is 0 Å². The van der Waals surface area contributed by atoms with Crippen LogP contribution in [0.4, 0.5) is 0 Å². The first-order valence-corrected chi connectivity index (χ1v) is 7.64. The minimum absolute atomic E-state index is 0.0275. The van der Waals surface area contributed by atoms with Gasteiger partial charge in [-0.1, -0.05) is 61.2 Å². The van der Waals surface area contributed by atoms with E-state index >= 15 is 0 Å². The number of ketones is 1. The Balaban J connectivity index is 1.70. The maximum Gasteiger partial charge on any atom is 0.218 e. The molecule has 1 saturated heterocycles. The monoisotopic (exact) mass is 303 g/mol. The van der Waals surface area contributed by atoms with Gasteiger partial charge in [-0.25, -0.2) is 0 Å². The molecule has 3 heteroatoms. The predicted octanol–water partition coefficient (Wildman–Crippen LogP) is 3.59. The van der Waals surface area contributed by atoms with Crippen LogP contribution >= 0.6 is 0 Å². The van der Waals surface area contributed by atoms with E-state index in [0.29, 0.717) is 5.56 Å². The quantitative estimate of drug-likeness (QED) is 0.794. The number of carbonyl (C=O) groups is 1. The molecule has 0 radical (unpaired) electrons. The molecule has 1 heterocycles. The van der Waals surface area contributed by atoms with Gasteiger partial charge in [0.1, 0.15) is 5.76 Å². The molecule has 0 bridgehead atoms. The van der Waals surface area contributed by atoms with Gasteiger partial charge in [-0.05, 0) is 29.8 Å². The Hall–Kier alpha value is -2.65. The SMILES string of the molecule is C=C1c2ccccc2C=C2OC(C(=O)c3ccccc3)N(C)C12. The molecule has 0 amide bonds. The van der Waals surface area contributed by atoms with Gasteiger partial charge in [0.15, 0.2) is 0 Å². The lowest BCUT2D eigenvalue weighted by molar-refractivity contribution is 0.0465. The summed E-state index contributed by atoms with van der Waals surface area (Å²) in [5, 5.41) is 0. The van der Waals surface area contributed by atoms with E-state index in [4.69, 9.17) is 4.74 Å². The summed E-state index contributed by atoms with van der Waals surface area (Å²) >= 11 is 0. The van der Waals surface area contributed by atoms with Gasteiger partial charge in [0.25, 0.3) is 0 Å². The lowest BCUT2D eigenvalue weighted by Gasteiger charge is -2.26. The third kappa shape index (κ3) is 2.13. The Morgan fingerprint density at radius 2 is 1.78 bits per heavy atom. The molecule has 114 valence electrons. The van der Waals surface area contributed by atoms with E-state index in [-0.39, 0.29) is 11.8 Å². The molecule has 2 aromatic rings. The molecule has 23 heavy (non-hydrogen) atoms. The Morgan fingerprint density at radius 1 is 1.09 bits per heavy atom. The number of hydrogen-bond donors (Lipinski definition) is 0. The van der Waals surface area contributed by atoms with Gasteiger partial charge in [-0.3, -0.25) is 9.69 Å². The Kier molecular flexibility index (Phi) is 3.17. The van der Waals surface area contributed by atoms with Crippen molar-refractivity contribution >= 4 is 17.4 Å². The summed E-state index contributed by atoms with van der Waals surface area (Å²) in [4.78, 5) is 14.7. The molecule has 3 nitrogen and oxygen atoms in total. The fourth-order valence-electron chi connectivity index (χ4n) is 3.34. The number of hydrogen-bond acceptors (Lipinski definition) is 3. The first kappa shape index (κ1) is 14.0. The smallest absolute Gasteiger partial charge is 0.218 e. The standard InChI is InChI=1S/C20H17NO2/c1-13-16-11-7-6-10-15(16)12-17-18(13)21(2)20(23-17)19(22)14-8-4-3-5-9-14/h3-12,18,20H,1H2,2H3. The molecule has 2 atom stereocenters. The summed E-state index contributed by atoms with van der Waals surface area (Å²) in [5.74, 6) is 0.769. The van der Waals surface area contributed by atoms with E-state index in [9.17, 15) is 4.79 Å². The molecule has 1 aliphatic heterocycles. The topological polar surface area (TPSA) is 29.5 Å². The van der Waals surface area contributed by atoms with E-state index in [2.05, 4.69) is 12.6 Å². The number of rotatable bonds is 2. The average Bonchev–Trinajstić information content (AvgIpc) is 2.92. The summed E-state index contributed by atoms with van der Waals surface area (Å²) in [5.41, 5.74) is 3.84. The molecule has 0 spiro atoms. The van der Waals surface area contributed by atoms with Crippen molar-refractivity contribution in [3.8, 4) is 0 Å². The molecule has 2 unspecified atom stereocenters. The maximum absolute atomic E-state index is 12.8. The molecule has 2 aliphatic rings. The van der Waals surface area contributed by atoms with Crippen LogP contribution in [0.25, 0.3) is 11.6 Å². The van der Waals surface area contributed by atoms with Crippen LogP contribution in [0.3, 0.4) is 0 Å². The number of nitrogens with zero attached hydrogens (tertiary/aromatic N) is 1. The van der Waals surface area contributed by atoms with Crippen LogP contribution < -0.4 is 0 Å². The van der Waals surface area contributed by atoms with Crippen molar-refractivity contribution in [2.75, 3.05) is 7.05 Å². The average molecular weight is 303 g/mol. The largest absolute Gasteiger partial charge is 0.470 e. The third-order valence-electron chi connectivity index (χ3n) is 4.51. The molecule has 0 aromatic heterocycles. The molecular formula is C20H17NO2. The van der Waals surface area contributed by atoms with Crippen LogP contribution in [-0.4, -0.2) is 30.0 Å². The molecular weight excluding hydrogens is 286 g/mol. The van der Waals surface area contributed by atoms with Gasteiger partial charge in [-0.15, -0.1) is 0 Å². The van der Waals surface area contributed by atoms with Crippen molar-refractivity contribution in [2.24, 2.45) is 0 Å². The van der Waals surface area contributed by atoms with E-state index < -0.39 is 6.23 Å².